The Morgan fingerprint density at radius 2 is 1.56 bits per heavy atom. The molecule has 0 aliphatic rings. The highest BCUT2D eigenvalue weighted by Crippen LogP contribution is 2.31. The summed E-state index contributed by atoms with van der Waals surface area (Å²) in [6.07, 6.45) is 6.53. The molecule has 3 heterocycles. The Labute approximate surface area is 302 Å². The molecule has 0 aliphatic carbocycles. The standard InChI is InChI=1S/C43H44N4O5/c1-5-7-8-9-19-37-38(52-43(49)51-37)27-50-42(48)33-16-11-10-15-32(33)30-22-20-29(21-23-30)26-47-36-25-31(24-28(3)40(36)45-39(47)14-6-2)41-44-34-17-12-13-18-35(34)46(41)4/h10-13,15-18,20-25H,5-9,14,19,26-27H2,1-4H3. The van der Waals surface area contributed by atoms with Crippen molar-refractivity contribution in [1.29, 1.82) is 0 Å². The minimum absolute atomic E-state index is 0.169. The van der Waals surface area contributed by atoms with Crippen LogP contribution in [0.4, 0.5) is 0 Å². The topological polar surface area (TPSA) is 105 Å². The third-order valence-corrected chi connectivity index (χ3v) is 9.71. The molecule has 0 aliphatic heterocycles. The normalized spacial score (nSPS) is 11.5. The summed E-state index contributed by atoms with van der Waals surface area (Å²) in [5, 5.41) is 0. The second kappa shape index (κ2) is 15.3. The number of rotatable bonds is 14. The molecule has 3 aromatic heterocycles. The van der Waals surface area contributed by atoms with Gasteiger partial charge in [-0.15, -0.1) is 0 Å². The molecule has 7 rings (SSSR count). The minimum atomic E-state index is -0.778. The maximum Gasteiger partial charge on any atom is 0.519 e. The molecule has 266 valence electrons. The van der Waals surface area contributed by atoms with Crippen LogP contribution in [-0.2, 0) is 37.8 Å². The summed E-state index contributed by atoms with van der Waals surface area (Å²) < 4.78 is 20.6. The quantitative estimate of drug-likeness (QED) is 0.0824. The predicted molar refractivity (Wildman–Crippen MR) is 203 cm³/mol. The lowest BCUT2D eigenvalue weighted by Gasteiger charge is -2.13. The maximum atomic E-state index is 13.4. The summed E-state index contributed by atoms with van der Waals surface area (Å²) in [6, 6.07) is 28.3. The number of fused-ring (bicyclic) bond motifs is 2. The van der Waals surface area contributed by atoms with E-state index in [9.17, 15) is 9.59 Å². The molecule has 0 amide bonds. The fraction of sp³-hybridized carbons (Fsp3) is 0.302. The molecule has 0 bridgehead atoms. The smallest absolute Gasteiger partial charge is 0.454 e. The lowest BCUT2D eigenvalue weighted by atomic mass is 9.98. The van der Waals surface area contributed by atoms with Gasteiger partial charge in [-0.05, 0) is 72.4 Å². The van der Waals surface area contributed by atoms with Crippen LogP contribution in [0, 0.1) is 6.92 Å². The van der Waals surface area contributed by atoms with Crippen LogP contribution in [-0.4, -0.2) is 25.1 Å². The predicted octanol–water partition coefficient (Wildman–Crippen LogP) is 9.59. The Morgan fingerprint density at radius 1 is 0.788 bits per heavy atom. The zero-order valence-corrected chi connectivity index (χ0v) is 30.3. The number of hydrogen-bond acceptors (Lipinski definition) is 7. The maximum absolute atomic E-state index is 13.4. The van der Waals surface area contributed by atoms with E-state index >= 15 is 0 Å². The molecule has 4 aromatic carbocycles. The average molecular weight is 697 g/mol. The number of unbranched alkanes of at least 4 members (excludes halogenated alkanes) is 3. The van der Waals surface area contributed by atoms with Gasteiger partial charge in [0.15, 0.2) is 18.1 Å². The van der Waals surface area contributed by atoms with Crippen molar-refractivity contribution in [2.45, 2.75) is 78.9 Å². The number of aromatic nitrogens is 4. The molecule has 52 heavy (non-hydrogen) atoms. The summed E-state index contributed by atoms with van der Waals surface area (Å²) >= 11 is 0. The largest absolute Gasteiger partial charge is 0.519 e. The summed E-state index contributed by atoms with van der Waals surface area (Å²) in [6.45, 7) is 6.92. The van der Waals surface area contributed by atoms with Gasteiger partial charge in [0.1, 0.15) is 11.6 Å². The SMILES string of the molecule is CCCCCCc1oc(=O)oc1COC(=O)c1ccccc1-c1ccc(Cn2c(CCC)nc3c(C)cc(-c4nc5ccccc5n4C)cc32)cc1. The minimum Gasteiger partial charge on any atom is -0.454 e. The first kappa shape index (κ1) is 34.7. The lowest BCUT2D eigenvalue weighted by Crippen LogP contribution is -2.08. The van der Waals surface area contributed by atoms with E-state index < -0.39 is 11.8 Å². The molecule has 0 saturated carbocycles. The highest BCUT2D eigenvalue weighted by Gasteiger charge is 2.20. The van der Waals surface area contributed by atoms with Gasteiger partial charge in [0.25, 0.3) is 0 Å². The third kappa shape index (κ3) is 7.08. The van der Waals surface area contributed by atoms with Crippen LogP contribution in [0.5, 0.6) is 0 Å². The van der Waals surface area contributed by atoms with Gasteiger partial charge < -0.3 is 22.7 Å². The number of hydrogen-bond donors (Lipinski definition) is 0. The fourth-order valence-electron chi connectivity index (χ4n) is 7.01. The number of benzene rings is 4. The van der Waals surface area contributed by atoms with E-state index in [1.165, 1.54) is 0 Å². The highest BCUT2D eigenvalue weighted by atomic mass is 16.6. The van der Waals surface area contributed by atoms with Crippen LogP contribution in [0.1, 0.15) is 84.8 Å². The Hall–Kier alpha value is -5.70. The molecule has 0 unspecified atom stereocenters. The van der Waals surface area contributed by atoms with Crippen molar-refractivity contribution in [2.75, 3.05) is 0 Å². The Morgan fingerprint density at radius 3 is 2.35 bits per heavy atom. The van der Waals surface area contributed by atoms with E-state index in [0.29, 0.717) is 24.3 Å². The zero-order valence-electron chi connectivity index (χ0n) is 30.3. The second-order valence-electron chi connectivity index (χ2n) is 13.4. The molecule has 9 heteroatoms. The third-order valence-electron chi connectivity index (χ3n) is 9.71. The van der Waals surface area contributed by atoms with Gasteiger partial charge in [-0.2, -0.15) is 0 Å². The summed E-state index contributed by atoms with van der Waals surface area (Å²) in [5.74, 6) is 1.41. The van der Waals surface area contributed by atoms with Gasteiger partial charge in [-0.1, -0.05) is 87.7 Å². The van der Waals surface area contributed by atoms with Crippen molar-refractivity contribution in [3.63, 3.8) is 0 Å². The first-order chi connectivity index (χ1) is 25.3. The van der Waals surface area contributed by atoms with Crippen molar-refractivity contribution in [2.24, 2.45) is 7.05 Å². The molecule has 0 fully saturated rings. The lowest BCUT2D eigenvalue weighted by molar-refractivity contribution is 0.0443. The number of ether oxygens (including phenoxy) is 1. The van der Waals surface area contributed by atoms with Crippen molar-refractivity contribution in [3.8, 4) is 22.5 Å². The number of nitrogens with zero attached hydrogens (tertiary/aromatic N) is 4. The van der Waals surface area contributed by atoms with E-state index in [4.69, 9.17) is 23.5 Å². The van der Waals surface area contributed by atoms with Crippen LogP contribution in [0.25, 0.3) is 44.6 Å². The van der Waals surface area contributed by atoms with E-state index in [2.05, 4.69) is 67.3 Å². The Kier molecular flexibility index (Phi) is 10.2. The highest BCUT2D eigenvalue weighted by molar-refractivity contribution is 5.97. The average Bonchev–Trinajstić information content (AvgIpc) is 3.81. The van der Waals surface area contributed by atoms with E-state index in [1.807, 2.05) is 48.5 Å². The van der Waals surface area contributed by atoms with Crippen LogP contribution >= 0.6 is 0 Å². The molecule has 0 N–H and O–H groups in total. The molecule has 9 nitrogen and oxygen atoms in total. The monoisotopic (exact) mass is 696 g/mol. The Balaban J connectivity index is 1.13. The van der Waals surface area contributed by atoms with Crippen LogP contribution in [0.15, 0.2) is 98.6 Å². The van der Waals surface area contributed by atoms with Crippen molar-refractivity contribution in [3.05, 3.63) is 130 Å². The molecule has 0 radical (unpaired) electrons. The first-order valence-corrected chi connectivity index (χ1v) is 18.2. The Bertz CT molecular complexity index is 2410. The first-order valence-electron chi connectivity index (χ1n) is 18.2. The number of carbonyl (C=O) groups excluding carboxylic acids is 1. The van der Waals surface area contributed by atoms with Gasteiger partial charge in [0.05, 0.1) is 27.6 Å². The van der Waals surface area contributed by atoms with Gasteiger partial charge in [-0.25, -0.2) is 19.6 Å². The van der Waals surface area contributed by atoms with Crippen molar-refractivity contribution >= 4 is 28.0 Å². The van der Waals surface area contributed by atoms with Gasteiger partial charge in [-0.3, -0.25) is 0 Å². The molecule has 0 saturated heterocycles. The number of esters is 1. The molecular weight excluding hydrogens is 652 g/mol. The van der Waals surface area contributed by atoms with E-state index in [-0.39, 0.29) is 12.4 Å². The van der Waals surface area contributed by atoms with E-state index in [0.717, 1.165) is 100 Å². The number of imidazole rings is 2. The molecular formula is C43H44N4O5. The second-order valence-corrected chi connectivity index (χ2v) is 13.4. The summed E-state index contributed by atoms with van der Waals surface area (Å²) in [4.78, 5) is 35.3. The summed E-state index contributed by atoms with van der Waals surface area (Å²) in [5.41, 5.74) is 9.54. The zero-order chi connectivity index (χ0) is 36.2. The number of para-hydroxylation sites is 2. The van der Waals surface area contributed by atoms with Gasteiger partial charge in [0.2, 0.25) is 0 Å². The van der Waals surface area contributed by atoms with Crippen LogP contribution < -0.4 is 5.82 Å². The van der Waals surface area contributed by atoms with Crippen molar-refractivity contribution in [1.82, 2.24) is 19.1 Å². The van der Waals surface area contributed by atoms with E-state index in [1.54, 1.807) is 6.07 Å². The van der Waals surface area contributed by atoms with Gasteiger partial charge in [0, 0.05) is 32.0 Å². The van der Waals surface area contributed by atoms with Crippen molar-refractivity contribution < 1.29 is 18.4 Å². The number of aryl methyl sites for hydroxylation is 4. The summed E-state index contributed by atoms with van der Waals surface area (Å²) in [7, 11) is 2.06. The molecule has 0 spiro atoms. The van der Waals surface area contributed by atoms with Crippen LogP contribution in [0.2, 0.25) is 0 Å². The fourth-order valence-corrected chi connectivity index (χ4v) is 7.01. The molecule has 0 atom stereocenters. The molecule has 7 aromatic rings. The van der Waals surface area contributed by atoms with Crippen LogP contribution in [0.3, 0.4) is 0 Å². The number of carbonyl (C=O) groups is 1. The van der Waals surface area contributed by atoms with Gasteiger partial charge >= 0.3 is 11.8 Å².